The minimum absolute atomic E-state index is 0.0357. The molecular weight excluding hydrogens is 305 g/mol. The van der Waals surface area contributed by atoms with E-state index >= 15 is 0 Å². The van der Waals surface area contributed by atoms with Crippen molar-refractivity contribution in [1.82, 2.24) is 5.32 Å². The molecule has 18 heavy (non-hydrogen) atoms. The number of rotatable bonds is 5. The minimum atomic E-state index is -1.31. The number of aliphatic hydroxyl groups excluding tert-OH is 2. The highest BCUT2D eigenvalue weighted by atomic mass is 79.9. The van der Waals surface area contributed by atoms with Crippen LogP contribution in [0.3, 0.4) is 0 Å². The highest BCUT2D eigenvalue weighted by molar-refractivity contribution is 9.10. The van der Waals surface area contributed by atoms with Gasteiger partial charge < -0.3 is 15.5 Å². The van der Waals surface area contributed by atoms with Gasteiger partial charge in [0.15, 0.2) is 0 Å². The van der Waals surface area contributed by atoms with E-state index in [0.29, 0.717) is 4.47 Å². The van der Waals surface area contributed by atoms with Crippen LogP contribution in [0.15, 0.2) is 22.7 Å². The Bertz CT molecular complexity index is 428. The van der Waals surface area contributed by atoms with Crippen LogP contribution in [0.25, 0.3) is 0 Å². The SMILES string of the molecule is CC(=O)NCCC(O)C(O)c1ccc(Br)cc1F. The van der Waals surface area contributed by atoms with Gasteiger partial charge in [-0.25, -0.2) is 4.39 Å². The van der Waals surface area contributed by atoms with Gasteiger partial charge in [-0.2, -0.15) is 0 Å². The van der Waals surface area contributed by atoms with Crippen molar-refractivity contribution in [2.75, 3.05) is 6.54 Å². The second-order valence-electron chi connectivity index (χ2n) is 3.95. The van der Waals surface area contributed by atoms with E-state index in [0.717, 1.165) is 0 Å². The van der Waals surface area contributed by atoms with Crippen LogP contribution in [0.1, 0.15) is 25.0 Å². The highest BCUT2D eigenvalue weighted by Gasteiger charge is 2.21. The van der Waals surface area contributed by atoms with E-state index in [1.807, 2.05) is 0 Å². The van der Waals surface area contributed by atoms with Gasteiger partial charge in [-0.15, -0.1) is 0 Å². The van der Waals surface area contributed by atoms with E-state index in [1.165, 1.54) is 19.1 Å². The molecule has 0 bridgehead atoms. The smallest absolute Gasteiger partial charge is 0.216 e. The van der Waals surface area contributed by atoms with Gasteiger partial charge in [0.05, 0.1) is 6.10 Å². The summed E-state index contributed by atoms with van der Waals surface area (Å²) in [6.07, 6.45) is -2.30. The van der Waals surface area contributed by atoms with E-state index in [-0.39, 0.29) is 24.4 Å². The standard InChI is InChI=1S/C12H15BrFNO3/c1-7(16)15-5-4-11(17)12(18)9-3-2-8(13)6-10(9)14/h2-3,6,11-12,17-18H,4-5H2,1H3,(H,15,16). The Labute approximate surface area is 113 Å². The van der Waals surface area contributed by atoms with E-state index in [4.69, 9.17) is 0 Å². The van der Waals surface area contributed by atoms with Crippen LogP contribution in [0.2, 0.25) is 0 Å². The number of amides is 1. The second-order valence-corrected chi connectivity index (χ2v) is 4.87. The average molecular weight is 320 g/mol. The summed E-state index contributed by atoms with van der Waals surface area (Å²) < 4.78 is 14.1. The third-order valence-corrected chi connectivity index (χ3v) is 2.95. The Balaban J connectivity index is 2.62. The zero-order valence-corrected chi connectivity index (χ0v) is 11.4. The molecule has 0 saturated carbocycles. The van der Waals surface area contributed by atoms with Crippen LogP contribution < -0.4 is 5.32 Å². The molecule has 0 spiro atoms. The summed E-state index contributed by atoms with van der Waals surface area (Å²) in [5, 5.41) is 22.0. The summed E-state index contributed by atoms with van der Waals surface area (Å²) in [5.41, 5.74) is 0.0357. The van der Waals surface area contributed by atoms with Crippen molar-refractivity contribution < 1.29 is 19.4 Å². The van der Waals surface area contributed by atoms with E-state index < -0.39 is 18.0 Å². The fourth-order valence-electron chi connectivity index (χ4n) is 1.50. The average Bonchev–Trinajstić information content (AvgIpc) is 2.27. The van der Waals surface area contributed by atoms with Crippen LogP contribution in [0.4, 0.5) is 4.39 Å². The summed E-state index contributed by atoms with van der Waals surface area (Å²) >= 11 is 3.11. The van der Waals surface area contributed by atoms with Crippen molar-refractivity contribution >= 4 is 21.8 Å². The second kappa shape index (κ2) is 6.82. The molecule has 2 atom stereocenters. The molecule has 4 nitrogen and oxygen atoms in total. The monoisotopic (exact) mass is 319 g/mol. The first-order valence-corrected chi connectivity index (χ1v) is 6.26. The normalized spacial score (nSPS) is 14.1. The van der Waals surface area contributed by atoms with Gasteiger partial charge in [-0.1, -0.05) is 22.0 Å². The zero-order chi connectivity index (χ0) is 13.7. The molecule has 1 aromatic carbocycles. The van der Waals surface area contributed by atoms with Gasteiger partial charge in [0.25, 0.3) is 0 Å². The summed E-state index contributed by atoms with van der Waals surface area (Å²) in [5.74, 6) is -0.804. The van der Waals surface area contributed by atoms with Crippen LogP contribution in [-0.2, 0) is 4.79 Å². The molecule has 0 aliphatic heterocycles. The molecule has 3 N–H and O–H groups in total. The van der Waals surface area contributed by atoms with Gasteiger partial charge in [-0.05, 0) is 18.6 Å². The number of aliphatic hydroxyl groups is 2. The van der Waals surface area contributed by atoms with Crippen molar-refractivity contribution in [2.24, 2.45) is 0 Å². The largest absolute Gasteiger partial charge is 0.390 e. The van der Waals surface area contributed by atoms with Gasteiger partial charge in [-0.3, -0.25) is 4.79 Å². The predicted molar refractivity (Wildman–Crippen MR) is 68.4 cm³/mol. The van der Waals surface area contributed by atoms with Crippen molar-refractivity contribution in [1.29, 1.82) is 0 Å². The van der Waals surface area contributed by atoms with Crippen LogP contribution >= 0.6 is 15.9 Å². The lowest BCUT2D eigenvalue weighted by atomic mass is 10.0. The number of carbonyl (C=O) groups excluding carboxylic acids is 1. The molecular formula is C12H15BrFNO3. The lowest BCUT2D eigenvalue weighted by Crippen LogP contribution is -2.28. The minimum Gasteiger partial charge on any atom is -0.390 e. The summed E-state index contributed by atoms with van der Waals surface area (Å²) in [7, 11) is 0. The van der Waals surface area contributed by atoms with Gasteiger partial charge in [0.2, 0.25) is 5.91 Å². The third kappa shape index (κ3) is 4.36. The van der Waals surface area contributed by atoms with Crippen LogP contribution in [0.5, 0.6) is 0 Å². The van der Waals surface area contributed by atoms with Crippen molar-refractivity contribution in [3.05, 3.63) is 34.1 Å². The van der Waals surface area contributed by atoms with E-state index in [1.54, 1.807) is 6.07 Å². The summed E-state index contributed by atoms with van der Waals surface area (Å²) in [4.78, 5) is 10.6. The van der Waals surface area contributed by atoms with Gasteiger partial charge >= 0.3 is 0 Å². The molecule has 0 aliphatic carbocycles. The Morgan fingerprint density at radius 3 is 2.72 bits per heavy atom. The molecule has 1 aromatic rings. The maximum atomic E-state index is 13.5. The van der Waals surface area contributed by atoms with E-state index in [2.05, 4.69) is 21.2 Å². The van der Waals surface area contributed by atoms with Gasteiger partial charge in [0, 0.05) is 23.5 Å². The van der Waals surface area contributed by atoms with Gasteiger partial charge in [0.1, 0.15) is 11.9 Å². The molecule has 100 valence electrons. The topological polar surface area (TPSA) is 69.6 Å². The number of hydrogen-bond acceptors (Lipinski definition) is 3. The number of carbonyl (C=O) groups is 1. The lowest BCUT2D eigenvalue weighted by Gasteiger charge is -2.18. The number of halogens is 2. The molecule has 0 heterocycles. The number of hydrogen-bond donors (Lipinski definition) is 3. The first-order valence-electron chi connectivity index (χ1n) is 5.47. The Kier molecular flexibility index (Phi) is 5.71. The molecule has 6 heteroatoms. The molecule has 0 radical (unpaired) electrons. The molecule has 0 aromatic heterocycles. The number of nitrogens with one attached hydrogen (secondary N) is 1. The summed E-state index contributed by atoms with van der Waals surface area (Å²) in [6.45, 7) is 1.59. The fourth-order valence-corrected chi connectivity index (χ4v) is 1.84. The zero-order valence-electron chi connectivity index (χ0n) is 9.86. The molecule has 1 amide bonds. The maximum absolute atomic E-state index is 13.5. The Hall–Kier alpha value is -0.980. The fraction of sp³-hybridized carbons (Fsp3) is 0.417. The van der Waals surface area contributed by atoms with E-state index in [9.17, 15) is 19.4 Å². The van der Waals surface area contributed by atoms with Crippen molar-refractivity contribution in [2.45, 2.75) is 25.6 Å². The first-order chi connectivity index (χ1) is 8.41. The maximum Gasteiger partial charge on any atom is 0.216 e. The van der Waals surface area contributed by atoms with Crippen molar-refractivity contribution in [3.63, 3.8) is 0 Å². The van der Waals surface area contributed by atoms with Crippen LogP contribution in [-0.4, -0.2) is 28.8 Å². The summed E-state index contributed by atoms with van der Waals surface area (Å²) in [6, 6.07) is 4.22. The predicted octanol–water partition coefficient (Wildman–Crippen LogP) is 1.51. The molecule has 0 saturated heterocycles. The number of benzene rings is 1. The molecule has 0 fully saturated rings. The molecule has 1 rings (SSSR count). The third-order valence-electron chi connectivity index (χ3n) is 2.46. The van der Waals surface area contributed by atoms with Crippen molar-refractivity contribution in [3.8, 4) is 0 Å². The highest BCUT2D eigenvalue weighted by Crippen LogP contribution is 2.24. The first kappa shape index (κ1) is 15.1. The van der Waals surface area contributed by atoms with Crippen LogP contribution in [0, 0.1) is 5.82 Å². The molecule has 0 aliphatic rings. The lowest BCUT2D eigenvalue weighted by molar-refractivity contribution is -0.119. The Morgan fingerprint density at radius 2 is 2.17 bits per heavy atom. The Morgan fingerprint density at radius 1 is 1.50 bits per heavy atom. The quantitative estimate of drug-likeness (QED) is 0.770. The molecule has 2 unspecified atom stereocenters.